The van der Waals surface area contributed by atoms with E-state index in [0.717, 1.165) is 0 Å². The van der Waals surface area contributed by atoms with Gasteiger partial charge in [0.25, 0.3) is 0 Å². The molecule has 0 nitrogen and oxygen atoms in total. The topological polar surface area (TPSA) is 0 Å². The van der Waals surface area contributed by atoms with Crippen LogP contribution >= 0.6 is 0 Å². The van der Waals surface area contributed by atoms with Gasteiger partial charge >= 0.3 is 0 Å². The van der Waals surface area contributed by atoms with Crippen LogP contribution in [0.4, 0.5) is 8.78 Å². The van der Waals surface area contributed by atoms with Crippen molar-refractivity contribution in [3.63, 3.8) is 0 Å². The zero-order valence-corrected chi connectivity index (χ0v) is 3.54. The lowest BCUT2D eigenvalue weighted by atomic mass is 9.97. The van der Waals surface area contributed by atoms with Gasteiger partial charge in [-0.15, -0.1) is 0 Å². The Morgan fingerprint density at radius 2 is 1.83 bits per heavy atom. The first kappa shape index (κ1) is 5.92. The normalized spacial score (nSPS) is 11.8. The van der Waals surface area contributed by atoms with Gasteiger partial charge in [-0.2, -0.15) is 0 Å². The Morgan fingerprint density at radius 3 is 1.83 bits per heavy atom. The Kier molecular flexibility index (Phi) is 1.56. The van der Waals surface area contributed by atoms with Gasteiger partial charge in [-0.05, 0) is 6.42 Å². The lowest BCUT2D eigenvalue weighted by Gasteiger charge is -2.02. The standard InChI is InChI=1S/C3H5BF2/c1-2-3(4,5)6/h2H2,1H3. The van der Waals surface area contributed by atoms with E-state index < -0.39 is 5.82 Å². The maximum absolute atomic E-state index is 11.2. The molecule has 0 aliphatic heterocycles. The summed E-state index contributed by atoms with van der Waals surface area (Å²) in [5, 5.41) is 0. The van der Waals surface area contributed by atoms with Gasteiger partial charge in [-0.3, -0.25) is 0 Å². The van der Waals surface area contributed by atoms with Crippen molar-refractivity contribution in [1.82, 2.24) is 0 Å². The van der Waals surface area contributed by atoms with Crippen LogP contribution in [0.25, 0.3) is 0 Å². The lowest BCUT2D eigenvalue weighted by Crippen LogP contribution is -2.12. The second kappa shape index (κ2) is 1.58. The summed E-state index contributed by atoms with van der Waals surface area (Å²) in [6.45, 7) is 1.33. The highest BCUT2D eigenvalue weighted by Crippen LogP contribution is 2.09. The van der Waals surface area contributed by atoms with E-state index in [2.05, 4.69) is 7.85 Å². The van der Waals surface area contributed by atoms with E-state index in [4.69, 9.17) is 0 Å². The minimum atomic E-state index is -2.96. The highest BCUT2D eigenvalue weighted by Gasteiger charge is 2.15. The number of rotatable bonds is 1. The average molecular weight is 89.9 g/mol. The molecule has 0 atom stereocenters. The Balaban J connectivity index is 3.17. The molecule has 0 aromatic heterocycles. The smallest absolute Gasteiger partial charge is 0.199 e. The summed E-state index contributed by atoms with van der Waals surface area (Å²) in [4.78, 5) is 0. The van der Waals surface area contributed by atoms with Gasteiger partial charge in [0.1, 0.15) is 0 Å². The van der Waals surface area contributed by atoms with Gasteiger partial charge in [-0.25, -0.2) is 8.78 Å². The van der Waals surface area contributed by atoms with Crippen molar-refractivity contribution in [3.8, 4) is 0 Å². The van der Waals surface area contributed by atoms with E-state index in [1.165, 1.54) is 6.92 Å². The molecule has 0 N–H and O–H groups in total. The molecule has 34 valence electrons. The highest BCUT2D eigenvalue weighted by atomic mass is 19.3. The van der Waals surface area contributed by atoms with Gasteiger partial charge in [0.2, 0.25) is 0 Å². The van der Waals surface area contributed by atoms with Crippen LogP contribution in [0.2, 0.25) is 0 Å². The minimum absolute atomic E-state index is 0.285. The van der Waals surface area contributed by atoms with Crippen LogP contribution in [0.3, 0.4) is 0 Å². The van der Waals surface area contributed by atoms with Gasteiger partial charge in [0.05, 0.1) is 0 Å². The quantitative estimate of drug-likeness (QED) is 0.423. The number of hydrogen-bond donors (Lipinski definition) is 0. The monoisotopic (exact) mass is 90.0 g/mol. The molecule has 0 saturated heterocycles. The van der Waals surface area contributed by atoms with Crippen molar-refractivity contribution in [1.29, 1.82) is 0 Å². The second-order valence-corrected chi connectivity index (χ2v) is 1.11. The van der Waals surface area contributed by atoms with Crippen molar-refractivity contribution < 1.29 is 8.78 Å². The Bertz CT molecular complexity index is 38.5. The summed E-state index contributed by atoms with van der Waals surface area (Å²) in [6, 6.07) is 0. The van der Waals surface area contributed by atoms with Crippen LogP contribution in [0, 0.1) is 0 Å². The first-order valence-corrected chi connectivity index (χ1v) is 1.73. The summed E-state index contributed by atoms with van der Waals surface area (Å²) in [7, 11) is 4.20. The maximum Gasteiger partial charge on any atom is 0.199 e. The highest BCUT2D eigenvalue weighted by molar-refractivity contribution is 6.13. The molecular formula is C3H5BF2. The van der Waals surface area contributed by atoms with Crippen LogP contribution in [0.5, 0.6) is 0 Å². The van der Waals surface area contributed by atoms with Crippen LogP contribution in [-0.2, 0) is 0 Å². The second-order valence-electron chi connectivity index (χ2n) is 1.11. The fourth-order valence-electron chi connectivity index (χ4n) is 0. The van der Waals surface area contributed by atoms with Crippen LogP contribution < -0.4 is 0 Å². The van der Waals surface area contributed by atoms with Crippen molar-refractivity contribution in [2.24, 2.45) is 0 Å². The SMILES string of the molecule is [B]C(F)(F)CC. The maximum atomic E-state index is 11.2. The molecule has 0 rings (SSSR count). The van der Waals surface area contributed by atoms with Crippen LogP contribution in [0.1, 0.15) is 13.3 Å². The molecule has 0 aromatic rings. The summed E-state index contributed by atoms with van der Waals surface area (Å²) in [6.07, 6.45) is -0.285. The molecule has 0 fully saturated rings. The average Bonchev–Trinajstić information content (AvgIpc) is 1.35. The molecule has 0 saturated carbocycles. The molecule has 6 heavy (non-hydrogen) atoms. The van der Waals surface area contributed by atoms with Gasteiger partial charge < -0.3 is 0 Å². The third kappa shape index (κ3) is 3.92. The number of alkyl halides is 2. The summed E-state index contributed by atoms with van der Waals surface area (Å²) in [5.74, 6) is -2.96. The fourth-order valence-corrected chi connectivity index (χ4v) is 0. The van der Waals surface area contributed by atoms with E-state index in [1.807, 2.05) is 0 Å². The molecule has 0 aliphatic carbocycles. The third-order valence-electron chi connectivity index (χ3n) is 0.471. The van der Waals surface area contributed by atoms with E-state index in [-0.39, 0.29) is 6.42 Å². The third-order valence-corrected chi connectivity index (χ3v) is 0.471. The van der Waals surface area contributed by atoms with Gasteiger partial charge in [-0.1, -0.05) is 6.92 Å². The van der Waals surface area contributed by atoms with Gasteiger partial charge in [0.15, 0.2) is 13.7 Å². The molecule has 0 aliphatic rings. The molecule has 3 heteroatoms. The number of hydrogen-bond acceptors (Lipinski definition) is 0. The molecule has 0 unspecified atom stereocenters. The summed E-state index contributed by atoms with van der Waals surface area (Å²) >= 11 is 0. The van der Waals surface area contributed by atoms with E-state index >= 15 is 0 Å². The van der Waals surface area contributed by atoms with Crippen molar-refractivity contribution in [3.05, 3.63) is 0 Å². The zero-order valence-electron chi connectivity index (χ0n) is 3.54. The summed E-state index contributed by atoms with van der Waals surface area (Å²) in [5.41, 5.74) is 0. The molecule has 2 radical (unpaired) electrons. The summed E-state index contributed by atoms with van der Waals surface area (Å²) < 4.78 is 22.5. The van der Waals surface area contributed by atoms with Crippen molar-refractivity contribution in [2.45, 2.75) is 19.2 Å². The Morgan fingerprint density at radius 1 is 1.67 bits per heavy atom. The lowest BCUT2D eigenvalue weighted by molar-refractivity contribution is 0.0912. The Labute approximate surface area is 37.0 Å². The predicted octanol–water partition coefficient (Wildman–Crippen LogP) is 1.16. The molecule has 0 amide bonds. The molecular weight excluding hydrogens is 84.8 g/mol. The Hall–Kier alpha value is -0.0751. The van der Waals surface area contributed by atoms with Crippen LogP contribution in [0.15, 0.2) is 0 Å². The molecule has 0 bridgehead atoms. The minimum Gasteiger partial charge on any atom is -0.219 e. The fraction of sp³-hybridized carbons (Fsp3) is 1.00. The van der Waals surface area contributed by atoms with Gasteiger partial charge in [0, 0.05) is 0 Å². The van der Waals surface area contributed by atoms with Crippen molar-refractivity contribution >= 4 is 7.85 Å². The molecule has 0 aromatic carbocycles. The molecule has 0 spiro atoms. The molecule has 0 heterocycles. The van der Waals surface area contributed by atoms with E-state index in [9.17, 15) is 8.78 Å². The van der Waals surface area contributed by atoms with Crippen molar-refractivity contribution in [2.75, 3.05) is 0 Å². The first-order valence-electron chi connectivity index (χ1n) is 1.73. The largest absolute Gasteiger partial charge is 0.219 e. The van der Waals surface area contributed by atoms with Crippen LogP contribution in [-0.4, -0.2) is 13.7 Å². The van der Waals surface area contributed by atoms with E-state index in [1.54, 1.807) is 0 Å². The first-order chi connectivity index (χ1) is 2.56. The predicted molar refractivity (Wildman–Crippen MR) is 21.0 cm³/mol. The number of halogens is 2. The zero-order chi connectivity index (χ0) is 5.21. The van der Waals surface area contributed by atoms with E-state index in [0.29, 0.717) is 0 Å².